The van der Waals surface area contributed by atoms with Crippen LogP contribution in [-0.2, 0) is 6.54 Å². The molecule has 0 saturated heterocycles. The minimum Gasteiger partial charge on any atom is -0.395 e. The first kappa shape index (κ1) is 14.1. The highest BCUT2D eigenvalue weighted by Crippen LogP contribution is 2.15. The Morgan fingerprint density at radius 2 is 1.94 bits per heavy atom. The summed E-state index contributed by atoms with van der Waals surface area (Å²) in [6.07, 6.45) is -0.520. The topological polar surface area (TPSA) is 69.7 Å². The van der Waals surface area contributed by atoms with Gasteiger partial charge in [0.25, 0.3) is 0 Å². The number of aliphatic hydroxyl groups excluding tert-OH is 2. The monoisotopic (exact) mass is 238 g/mol. The molecule has 1 unspecified atom stereocenters. The van der Waals surface area contributed by atoms with Crippen LogP contribution >= 0.6 is 0 Å². The maximum Gasteiger partial charge on any atom is 0.0916 e. The molecule has 1 aromatic rings. The molecule has 1 rings (SSSR count). The van der Waals surface area contributed by atoms with Gasteiger partial charge in [-0.2, -0.15) is 0 Å². The summed E-state index contributed by atoms with van der Waals surface area (Å²) in [4.78, 5) is 2.02. The van der Waals surface area contributed by atoms with E-state index < -0.39 is 6.10 Å². The molecule has 0 saturated carbocycles. The van der Waals surface area contributed by atoms with E-state index in [2.05, 4.69) is 0 Å². The molecule has 96 valence electrons. The van der Waals surface area contributed by atoms with Crippen LogP contribution in [-0.4, -0.2) is 41.4 Å². The first-order valence-corrected chi connectivity index (χ1v) is 6.01. The van der Waals surface area contributed by atoms with Crippen LogP contribution in [0.4, 0.5) is 0 Å². The summed E-state index contributed by atoms with van der Waals surface area (Å²) in [6, 6.07) is 7.67. The second-order valence-electron chi connectivity index (χ2n) is 4.08. The van der Waals surface area contributed by atoms with Crippen molar-refractivity contribution in [1.29, 1.82) is 0 Å². The van der Waals surface area contributed by atoms with Crippen LogP contribution in [0.15, 0.2) is 24.3 Å². The highest BCUT2D eigenvalue weighted by Gasteiger charge is 2.11. The van der Waals surface area contributed by atoms with E-state index in [9.17, 15) is 5.11 Å². The zero-order valence-electron chi connectivity index (χ0n) is 10.3. The molecule has 0 fully saturated rings. The zero-order valence-corrected chi connectivity index (χ0v) is 10.3. The van der Waals surface area contributed by atoms with Crippen molar-refractivity contribution in [2.24, 2.45) is 5.73 Å². The lowest BCUT2D eigenvalue weighted by molar-refractivity contribution is 0.103. The van der Waals surface area contributed by atoms with Crippen LogP contribution in [0.5, 0.6) is 0 Å². The van der Waals surface area contributed by atoms with Gasteiger partial charge in [-0.3, -0.25) is 4.90 Å². The van der Waals surface area contributed by atoms with Crippen molar-refractivity contribution in [2.45, 2.75) is 19.6 Å². The molecular weight excluding hydrogens is 216 g/mol. The molecule has 1 aromatic carbocycles. The smallest absolute Gasteiger partial charge is 0.0916 e. The summed E-state index contributed by atoms with van der Waals surface area (Å²) in [7, 11) is 0. The van der Waals surface area contributed by atoms with Gasteiger partial charge in [0.2, 0.25) is 0 Å². The van der Waals surface area contributed by atoms with Crippen LogP contribution < -0.4 is 5.73 Å². The first-order chi connectivity index (χ1) is 8.21. The Morgan fingerprint density at radius 3 is 2.41 bits per heavy atom. The van der Waals surface area contributed by atoms with E-state index in [4.69, 9.17) is 10.8 Å². The zero-order chi connectivity index (χ0) is 12.7. The molecule has 0 aromatic heterocycles. The molecule has 0 spiro atoms. The molecule has 0 aliphatic rings. The summed E-state index contributed by atoms with van der Waals surface area (Å²) in [5, 5.41) is 18.9. The fourth-order valence-electron chi connectivity index (χ4n) is 1.75. The van der Waals surface area contributed by atoms with E-state index in [0.29, 0.717) is 19.6 Å². The van der Waals surface area contributed by atoms with Gasteiger partial charge in [0.1, 0.15) is 0 Å². The largest absolute Gasteiger partial charge is 0.395 e. The van der Waals surface area contributed by atoms with E-state index >= 15 is 0 Å². The lowest BCUT2D eigenvalue weighted by atomic mass is 10.1. The van der Waals surface area contributed by atoms with Gasteiger partial charge in [0.05, 0.1) is 12.7 Å². The van der Waals surface area contributed by atoms with Gasteiger partial charge < -0.3 is 15.9 Å². The quantitative estimate of drug-likeness (QED) is 0.647. The number of benzene rings is 1. The third-order valence-corrected chi connectivity index (χ3v) is 2.89. The van der Waals surface area contributed by atoms with Crippen molar-refractivity contribution in [3.8, 4) is 0 Å². The molecule has 4 heteroatoms. The van der Waals surface area contributed by atoms with E-state index in [1.807, 2.05) is 36.1 Å². The van der Waals surface area contributed by atoms with Crippen LogP contribution in [0.25, 0.3) is 0 Å². The molecular formula is C13H22N2O2. The lowest BCUT2D eigenvalue weighted by Gasteiger charge is -2.22. The summed E-state index contributed by atoms with van der Waals surface area (Å²) < 4.78 is 0. The van der Waals surface area contributed by atoms with Gasteiger partial charge in [0, 0.05) is 19.6 Å². The maximum atomic E-state index is 10.1. The number of hydrogen-bond acceptors (Lipinski definition) is 4. The molecule has 4 N–H and O–H groups in total. The average molecular weight is 238 g/mol. The van der Waals surface area contributed by atoms with Crippen molar-refractivity contribution in [2.75, 3.05) is 26.2 Å². The lowest BCUT2D eigenvalue weighted by Crippen LogP contribution is -2.31. The Hall–Kier alpha value is -0.940. The van der Waals surface area contributed by atoms with Crippen molar-refractivity contribution in [3.05, 3.63) is 35.4 Å². The Morgan fingerprint density at radius 1 is 1.29 bits per heavy atom. The second kappa shape index (κ2) is 7.40. The van der Waals surface area contributed by atoms with Crippen molar-refractivity contribution < 1.29 is 10.2 Å². The van der Waals surface area contributed by atoms with Gasteiger partial charge in [-0.05, 0) is 17.7 Å². The molecule has 0 radical (unpaired) electrons. The molecule has 17 heavy (non-hydrogen) atoms. The molecule has 0 heterocycles. The van der Waals surface area contributed by atoms with Crippen LogP contribution in [0.1, 0.15) is 24.2 Å². The summed E-state index contributed by atoms with van der Waals surface area (Å²) in [5.41, 5.74) is 7.47. The standard InChI is InChI=1S/C13H22N2O2/c1-2-15(7-8-16)10-13(17)12-5-3-11(9-14)4-6-12/h3-6,13,16-17H,2,7-10,14H2,1H3. The highest BCUT2D eigenvalue weighted by atomic mass is 16.3. The Balaban J connectivity index is 2.58. The van der Waals surface area contributed by atoms with E-state index in [1.165, 1.54) is 0 Å². The maximum absolute atomic E-state index is 10.1. The van der Waals surface area contributed by atoms with Crippen LogP contribution in [0, 0.1) is 0 Å². The third-order valence-electron chi connectivity index (χ3n) is 2.89. The number of likely N-dealkylation sites (N-methyl/N-ethyl adjacent to an activating group) is 1. The molecule has 0 aliphatic heterocycles. The van der Waals surface area contributed by atoms with E-state index in [-0.39, 0.29) is 6.61 Å². The Bertz CT molecular complexity index is 314. The van der Waals surface area contributed by atoms with Gasteiger partial charge in [0.15, 0.2) is 0 Å². The molecule has 1 atom stereocenters. The normalized spacial score (nSPS) is 13.0. The van der Waals surface area contributed by atoms with Gasteiger partial charge in [-0.15, -0.1) is 0 Å². The number of nitrogens with two attached hydrogens (primary N) is 1. The summed E-state index contributed by atoms with van der Waals surface area (Å²) in [6.45, 7) is 4.60. The van der Waals surface area contributed by atoms with E-state index in [0.717, 1.165) is 17.7 Å². The predicted octanol–water partition coefficient (Wildman–Crippen LogP) is 0.493. The molecule has 0 bridgehead atoms. The van der Waals surface area contributed by atoms with E-state index in [1.54, 1.807) is 0 Å². The van der Waals surface area contributed by atoms with Crippen molar-refractivity contribution in [3.63, 3.8) is 0 Å². The first-order valence-electron chi connectivity index (χ1n) is 6.01. The second-order valence-corrected chi connectivity index (χ2v) is 4.08. The Kier molecular flexibility index (Phi) is 6.15. The molecule has 4 nitrogen and oxygen atoms in total. The third kappa shape index (κ3) is 4.44. The fourth-order valence-corrected chi connectivity index (χ4v) is 1.75. The van der Waals surface area contributed by atoms with Crippen molar-refractivity contribution in [1.82, 2.24) is 4.90 Å². The number of rotatable bonds is 7. The number of nitrogens with zero attached hydrogens (tertiary/aromatic N) is 1. The SMILES string of the molecule is CCN(CCO)CC(O)c1ccc(CN)cc1. The minimum atomic E-state index is -0.520. The average Bonchev–Trinajstić information content (AvgIpc) is 2.38. The van der Waals surface area contributed by atoms with Crippen molar-refractivity contribution >= 4 is 0 Å². The summed E-state index contributed by atoms with van der Waals surface area (Å²) >= 11 is 0. The van der Waals surface area contributed by atoms with Gasteiger partial charge >= 0.3 is 0 Å². The van der Waals surface area contributed by atoms with Gasteiger partial charge in [-0.25, -0.2) is 0 Å². The van der Waals surface area contributed by atoms with Crippen LogP contribution in [0.2, 0.25) is 0 Å². The summed E-state index contributed by atoms with van der Waals surface area (Å²) in [5.74, 6) is 0. The molecule has 0 amide bonds. The van der Waals surface area contributed by atoms with Crippen LogP contribution in [0.3, 0.4) is 0 Å². The number of aliphatic hydroxyl groups is 2. The molecule has 0 aliphatic carbocycles. The predicted molar refractivity (Wildman–Crippen MR) is 68.5 cm³/mol. The number of hydrogen-bond donors (Lipinski definition) is 3. The minimum absolute atomic E-state index is 0.118. The fraction of sp³-hybridized carbons (Fsp3) is 0.538. The van der Waals surface area contributed by atoms with Gasteiger partial charge in [-0.1, -0.05) is 31.2 Å². The highest BCUT2D eigenvalue weighted by molar-refractivity contribution is 5.24. The Labute approximate surface area is 103 Å².